The standard InChI is InChI=1S/C12H13F3N2O/c13-12(14,15)7-11(18)17(10-1-2-10)8-9-3-5-16-6-4-9/h3-6,10H,1-2,7-8H2. The molecule has 0 saturated heterocycles. The molecule has 1 aliphatic carbocycles. The van der Waals surface area contributed by atoms with E-state index in [2.05, 4.69) is 4.98 Å². The fourth-order valence-electron chi connectivity index (χ4n) is 1.77. The van der Waals surface area contributed by atoms with Gasteiger partial charge in [0.25, 0.3) is 0 Å². The highest BCUT2D eigenvalue weighted by Crippen LogP contribution is 2.31. The predicted molar refractivity (Wildman–Crippen MR) is 58.5 cm³/mol. The maximum absolute atomic E-state index is 12.2. The van der Waals surface area contributed by atoms with Crippen molar-refractivity contribution < 1.29 is 18.0 Å². The van der Waals surface area contributed by atoms with E-state index in [0.717, 1.165) is 18.4 Å². The Kier molecular flexibility index (Phi) is 3.54. The number of nitrogens with zero attached hydrogens (tertiary/aromatic N) is 2. The fraction of sp³-hybridized carbons (Fsp3) is 0.500. The van der Waals surface area contributed by atoms with Crippen LogP contribution in [-0.2, 0) is 11.3 Å². The number of aromatic nitrogens is 1. The number of hydrogen-bond acceptors (Lipinski definition) is 2. The van der Waals surface area contributed by atoms with E-state index in [1.54, 1.807) is 24.5 Å². The minimum atomic E-state index is -4.44. The Bertz CT molecular complexity index is 415. The smallest absolute Gasteiger partial charge is 0.335 e. The molecule has 2 rings (SSSR count). The molecule has 98 valence electrons. The van der Waals surface area contributed by atoms with Gasteiger partial charge in [0.2, 0.25) is 5.91 Å². The molecular weight excluding hydrogens is 245 g/mol. The van der Waals surface area contributed by atoms with Crippen LogP contribution in [0.15, 0.2) is 24.5 Å². The first kappa shape index (κ1) is 12.9. The van der Waals surface area contributed by atoms with E-state index >= 15 is 0 Å². The van der Waals surface area contributed by atoms with Crippen LogP contribution in [0.2, 0.25) is 0 Å². The lowest BCUT2D eigenvalue weighted by Crippen LogP contribution is -2.35. The Hall–Kier alpha value is -1.59. The molecule has 3 nitrogen and oxygen atoms in total. The summed E-state index contributed by atoms with van der Waals surface area (Å²) in [6.07, 6.45) is -1.12. The SMILES string of the molecule is O=C(CC(F)(F)F)N(Cc1ccncc1)C1CC1. The quantitative estimate of drug-likeness (QED) is 0.831. The van der Waals surface area contributed by atoms with E-state index in [0.29, 0.717) is 0 Å². The predicted octanol–water partition coefficient (Wildman–Crippen LogP) is 2.53. The minimum Gasteiger partial charge on any atom is -0.335 e. The molecule has 0 atom stereocenters. The van der Waals surface area contributed by atoms with E-state index in [-0.39, 0.29) is 12.6 Å². The second-order valence-electron chi connectivity index (χ2n) is 4.40. The van der Waals surface area contributed by atoms with Crippen molar-refractivity contribution in [3.05, 3.63) is 30.1 Å². The second kappa shape index (κ2) is 4.96. The third kappa shape index (κ3) is 3.72. The van der Waals surface area contributed by atoms with Crippen molar-refractivity contribution in [2.45, 2.75) is 38.0 Å². The van der Waals surface area contributed by atoms with Crippen molar-refractivity contribution >= 4 is 5.91 Å². The van der Waals surface area contributed by atoms with Gasteiger partial charge in [-0.25, -0.2) is 0 Å². The van der Waals surface area contributed by atoms with Gasteiger partial charge in [0.15, 0.2) is 0 Å². The topological polar surface area (TPSA) is 33.2 Å². The largest absolute Gasteiger partial charge is 0.397 e. The first-order valence-electron chi connectivity index (χ1n) is 5.71. The minimum absolute atomic E-state index is 0.0342. The van der Waals surface area contributed by atoms with Crippen LogP contribution < -0.4 is 0 Å². The molecule has 0 N–H and O–H groups in total. The monoisotopic (exact) mass is 258 g/mol. The molecule has 1 heterocycles. The van der Waals surface area contributed by atoms with Crippen LogP contribution in [-0.4, -0.2) is 28.0 Å². The highest BCUT2D eigenvalue weighted by atomic mass is 19.4. The Labute approximate surface area is 103 Å². The number of alkyl halides is 3. The fourth-order valence-corrected chi connectivity index (χ4v) is 1.77. The van der Waals surface area contributed by atoms with E-state index in [9.17, 15) is 18.0 Å². The Morgan fingerprint density at radius 2 is 1.94 bits per heavy atom. The summed E-state index contributed by atoms with van der Waals surface area (Å²) >= 11 is 0. The van der Waals surface area contributed by atoms with Crippen LogP contribution in [0.1, 0.15) is 24.8 Å². The summed E-state index contributed by atoms with van der Waals surface area (Å²) in [6.45, 7) is 0.224. The lowest BCUT2D eigenvalue weighted by atomic mass is 10.2. The van der Waals surface area contributed by atoms with E-state index < -0.39 is 18.5 Å². The van der Waals surface area contributed by atoms with Crippen LogP contribution in [0.4, 0.5) is 13.2 Å². The third-order valence-electron chi connectivity index (χ3n) is 2.76. The summed E-state index contributed by atoms with van der Waals surface area (Å²) in [5.74, 6) is -0.846. The molecule has 1 saturated carbocycles. The summed E-state index contributed by atoms with van der Waals surface area (Å²) in [7, 11) is 0. The number of hydrogen-bond donors (Lipinski definition) is 0. The van der Waals surface area contributed by atoms with Crippen LogP contribution >= 0.6 is 0 Å². The molecule has 0 unspecified atom stereocenters. The Morgan fingerprint density at radius 3 is 2.44 bits per heavy atom. The molecule has 0 radical (unpaired) electrons. The van der Waals surface area contributed by atoms with Gasteiger partial charge >= 0.3 is 6.18 Å². The average Bonchev–Trinajstić information content (AvgIpc) is 3.08. The van der Waals surface area contributed by atoms with Crippen LogP contribution in [0.25, 0.3) is 0 Å². The molecular formula is C12H13F3N2O. The maximum atomic E-state index is 12.2. The highest BCUT2D eigenvalue weighted by molar-refractivity contribution is 5.77. The highest BCUT2D eigenvalue weighted by Gasteiger charge is 2.38. The zero-order valence-electron chi connectivity index (χ0n) is 9.65. The Morgan fingerprint density at radius 1 is 1.33 bits per heavy atom. The molecule has 1 aromatic heterocycles. The average molecular weight is 258 g/mol. The number of halogens is 3. The van der Waals surface area contributed by atoms with Gasteiger partial charge < -0.3 is 4.90 Å². The number of carbonyl (C=O) groups is 1. The zero-order valence-corrected chi connectivity index (χ0v) is 9.65. The molecule has 1 aliphatic rings. The number of pyridine rings is 1. The molecule has 1 amide bonds. The van der Waals surface area contributed by atoms with Gasteiger partial charge in [-0.1, -0.05) is 0 Å². The van der Waals surface area contributed by atoms with Gasteiger partial charge in [-0.2, -0.15) is 13.2 Å². The van der Waals surface area contributed by atoms with Crippen LogP contribution in [0.5, 0.6) is 0 Å². The van der Waals surface area contributed by atoms with Crippen molar-refractivity contribution in [1.29, 1.82) is 0 Å². The molecule has 0 spiro atoms. The van der Waals surface area contributed by atoms with Gasteiger partial charge in [0.05, 0.1) is 0 Å². The summed E-state index contributed by atoms with van der Waals surface area (Å²) in [4.78, 5) is 16.8. The maximum Gasteiger partial charge on any atom is 0.397 e. The van der Waals surface area contributed by atoms with Crippen molar-refractivity contribution in [3.63, 3.8) is 0 Å². The number of amides is 1. The van der Waals surface area contributed by atoms with Crippen molar-refractivity contribution in [1.82, 2.24) is 9.88 Å². The van der Waals surface area contributed by atoms with Gasteiger partial charge in [-0.3, -0.25) is 9.78 Å². The van der Waals surface area contributed by atoms with Gasteiger partial charge in [-0.15, -0.1) is 0 Å². The van der Waals surface area contributed by atoms with Crippen molar-refractivity contribution in [2.24, 2.45) is 0 Å². The molecule has 18 heavy (non-hydrogen) atoms. The van der Waals surface area contributed by atoms with E-state index in [1.165, 1.54) is 4.90 Å². The van der Waals surface area contributed by atoms with Crippen LogP contribution in [0.3, 0.4) is 0 Å². The first-order valence-corrected chi connectivity index (χ1v) is 5.71. The lowest BCUT2D eigenvalue weighted by molar-refractivity contribution is -0.162. The molecule has 0 bridgehead atoms. The molecule has 1 fully saturated rings. The second-order valence-corrected chi connectivity index (χ2v) is 4.40. The summed E-state index contributed by atoms with van der Waals surface area (Å²) in [5, 5.41) is 0. The first-order chi connectivity index (χ1) is 8.46. The van der Waals surface area contributed by atoms with Crippen molar-refractivity contribution in [2.75, 3.05) is 0 Å². The molecule has 1 aromatic rings. The van der Waals surface area contributed by atoms with Crippen molar-refractivity contribution in [3.8, 4) is 0 Å². The normalized spacial score (nSPS) is 15.5. The van der Waals surface area contributed by atoms with Gasteiger partial charge in [0, 0.05) is 25.0 Å². The molecule has 6 heteroatoms. The summed E-state index contributed by atoms with van der Waals surface area (Å²) in [5.41, 5.74) is 0.799. The van der Waals surface area contributed by atoms with Gasteiger partial charge in [0.1, 0.15) is 6.42 Å². The Balaban J connectivity index is 2.02. The zero-order chi connectivity index (χ0) is 13.2. The van der Waals surface area contributed by atoms with Crippen LogP contribution in [0, 0.1) is 0 Å². The van der Waals surface area contributed by atoms with Gasteiger partial charge in [-0.05, 0) is 30.5 Å². The third-order valence-corrected chi connectivity index (χ3v) is 2.76. The summed E-state index contributed by atoms with van der Waals surface area (Å²) < 4.78 is 36.7. The number of rotatable bonds is 4. The summed E-state index contributed by atoms with van der Waals surface area (Å²) in [6, 6.07) is 3.37. The number of carbonyl (C=O) groups excluding carboxylic acids is 1. The molecule has 0 aliphatic heterocycles. The molecule has 0 aromatic carbocycles. The van der Waals surface area contributed by atoms with E-state index in [1.807, 2.05) is 0 Å². The van der Waals surface area contributed by atoms with E-state index in [4.69, 9.17) is 0 Å². The lowest BCUT2D eigenvalue weighted by Gasteiger charge is -2.23.